The van der Waals surface area contributed by atoms with Crippen LogP contribution in [0.2, 0.25) is 0 Å². The molecule has 6 nitrogen and oxygen atoms in total. The van der Waals surface area contributed by atoms with Gasteiger partial charge in [-0.25, -0.2) is 0 Å². The third-order valence-corrected chi connectivity index (χ3v) is 3.60. The van der Waals surface area contributed by atoms with Crippen molar-refractivity contribution in [2.45, 2.75) is 26.5 Å². The zero-order chi connectivity index (χ0) is 18.9. The predicted molar refractivity (Wildman–Crippen MR) is 121 cm³/mol. The number of ether oxygens (including phenoxy) is 3. The number of benzene rings is 2. The molecule has 0 aliphatic heterocycles. The topological polar surface area (TPSA) is 64.1 Å². The van der Waals surface area contributed by atoms with E-state index in [1.807, 2.05) is 56.3 Å². The van der Waals surface area contributed by atoms with Crippen LogP contribution in [0.4, 0.5) is 5.69 Å². The predicted octanol–water partition coefficient (Wildman–Crippen LogP) is 4.30. The van der Waals surface area contributed by atoms with E-state index in [1.54, 1.807) is 21.3 Å². The van der Waals surface area contributed by atoms with Crippen LogP contribution in [0.5, 0.6) is 17.2 Å². The molecule has 2 aromatic carbocycles. The van der Waals surface area contributed by atoms with E-state index in [1.165, 1.54) is 0 Å². The average Bonchev–Trinajstić information content (AvgIpc) is 2.64. The number of hydrogen-bond donors (Lipinski definition) is 2. The lowest BCUT2D eigenvalue weighted by molar-refractivity contribution is 0.242. The molecular formula is C20H28IN3O3. The van der Waals surface area contributed by atoms with Crippen molar-refractivity contribution < 1.29 is 14.2 Å². The lowest BCUT2D eigenvalue weighted by Gasteiger charge is -2.15. The van der Waals surface area contributed by atoms with E-state index in [0.717, 1.165) is 17.0 Å². The molecule has 0 aliphatic carbocycles. The van der Waals surface area contributed by atoms with Gasteiger partial charge < -0.3 is 24.8 Å². The molecule has 27 heavy (non-hydrogen) atoms. The molecule has 148 valence electrons. The minimum atomic E-state index is 0. The fourth-order valence-corrected chi connectivity index (χ4v) is 2.42. The summed E-state index contributed by atoms with van der Waals surface area (Å²) in [6, 6.07) is 13.6. The van der Waals surface area contributed by atoms with E-state index in [2.05, 4.69) is 15.6 Å². The average molecular weight is 485 g/mol. The highest BCUT2D eigenvalue weighted by atomic mass is 127. The Balaban J connectivity index is 0.00000364. The fraction of sp³-hybridized carbons (Fsp3) is 0.350. The van der Waals surface area contributed by atoms with Gasteiger partial charge in [-0.3, -0.25) is 4.99 Å². The number of anilines is 1. The monoisotopic (exact) mass is 485 g/mol. The standard InChI is InChI=1S/C20H27N3O3.HI/c1-14(2)26-17-8-6-7-15(11-17)13-22-20(21-3)23-16-9-10-18(24-4)19(12-16)25-5;/h6-12,14H,13H2,1-5H3,(H2,21,22,23);1H. The van der Waals surface area contributed by atoms with Gasteiger partial charge in [-0.1, -0.05) is 12.1 Å². The number of halogens is 1. The molecule has 0 aromatic heterocycles. The van der Waals surface area contributed by atoms with Crippen molar-refractivity contribution in [3.8, 4) is 17.2 Å². The first-order valence-corrected chi connectivity index (χ1v) is 8.51. The number of methoxy groups -OCH3 is 2. The second kappa shape index (κ2) is 11.5. The highest BCUT2D eigenvalue weighted by molar-refractivity contribution is 14.0. The third-order valence-electron chi connectivity index (χ3n) is 3.60. The minimum Gasteiger partial charge on any atom is -0.493 e. The van der Waals surface area contributed by atoms with Crippen LogP contribution in [0, 0.1) is 0 Å². The van der Waals surface area contributed by atoms with Crippen molar-refractivity contribution in [2.75, 3.05) is 26.6 Å². The van der Waals surface area contributed by atoms with Gasteiger partial charge in [0.05, 0.1) is 20.3 Å². The fourth-order valence-electron chi connectivity index (χ4n) is 2.42. The lowest BCUT2D eigenvalue weighted by atomic mass is 10.2. The smallest absolute Gasteiger partial charge is 0.195 e. The Labute approximate surface area is 178 Å². The highest BCUT2D eigenvalue weighted by Crippen LogP contribution is 2.29. The SMILES string of the molecule is CN=C(NCc1cccc(OC(C)C)c1)Nc1ccc(OC)c(OC)c1.I. The first kappa shape index (κ1) is 22.9. The number of aliphatic imine (C=N–C) groups is 1. The zero-order valence-electron chi connectivity index (χ0n) is 16.4. The highest BCUT2D eigenvalue weighted by Gasteiger charge is 2.07. The molecule has 0 unspecified atom stereocenters. The maximum absolute atomic E-state index is 5.73. The molecule has 0 saturated carbocycles. The molecule has 0 heterocycles. The molecule has 0 fully saturated rings. The number of rotatable bonds is 7. The van der Waals surface area contributed by atoms with Crippen LogP contribution < -0.4 is 24.8 Å². The molecule has 0 radical (unpaired) electrons. The molecule has 0 saturated heterocycles. The van der Waals surface area contributed by atoms with E-state index in [9.17, 15) is 0 Å². The molecule has 0 bridgehead atoms. The van der Waals surface area contributed by atoms with Crippen molar-refractivity contribution in [3.63, 3.8) is 0 Å². The summed E-state index contributed by atoms with van der Waals surface area (Å²) in [6.45, 7) is 4.65. The van der Waals surface area contributed by atoms with Gasteiger partial charge in [0.25, 0.3) is 0 Å². The van der Waals surface area contributed by atoms with Crippen LogP contribution >= 0.6 is 24.0 Å². The molecule has 2 rings (SSSR count). The van der Waals surface area contributed by atoms with Gasteiger partial charge in [0.1, 0.15) is 5.75 Å². The largest absolute Gasteiger partial charge is 0.493 e. The van der Waals surface area contributed by atoms with Crippen LogP contribution in [0.15, 0.2) is 47.5 Å². The van der Waals surface area contributed by atoms with Crippen LogP contribution in [0.25, 0.3) is 0 Å². The Morgan fingerprint density at radius 3 is 2.41 bits per heavy atom. The van der Waals surface area contributed by atoms with Gasteiger partial charge in [-0.15, -0.1) is 24.0 Å². The molecule has 2 aromatic rings. The first-order valence-electron chi connectivity index (χ1n) is 8.51. The summed E-state index contributed by atoms with van der Waals surface area (Å²) in [5.41, 5.74) is 1.96. The van der Waals surface area contributed by atoms with Gasteiger partial charge in [-0.05, 0) is 43.7 Å². The quantitative estimate of drug-likeness (QED) is 0.348. The molecule has 7 heteroatoms. The Kier molecular flexibility index (Phi) is 9.77. The number of hydrogen-bond acceptors (Lipinski definition) is 4. The van der Waals surface area contributed by atoms with E-state index in [-0.39, 0.29) is 30.1 Å². The second-order valence-electron chi connectivity index (χ2n) is 5.93. The van der Waals surface area contributed by atoms with Crippen molar-refractivity contribution >= 4 is 35.6 Å². The van der Waals surface area contributed by atoms with Gasteiger partial charge in [0, 0.05) is 25.3 Å². The summed E-state index contributed by atoms with van der Waals surface area (Å²) in [4.78, 5) is 4.26. The number of guanidine groups is 1. The summed E-state index contributed by atoms with van der Waals surface area (Å²) in [6.07, 6.45) is 0.151. The van der Waals surface area contributed by atoms with Crippen molar-refractivity contribution in [1.29, 1.82) is 0 Å². The Hall–Kier alpha value is -2.16. The Morgan fingerprint density at radius 2 is 1.78 bits per heavy atom. The van der Waals surface area contributed by atoms with Crippen molar-refractivity contribution in [3.05, 3.63) is 48.0 Å². The number of nitrogens with one attached hydrogen (secondary N) is 2. The first-order chi connectivity index (χ1) is 12.5. The van der Waals surface area contributed by atoms with Crippen LogP contribution in [0.3, 0.4) is 0 Å². The summed E-state index contributed by atoms with van der Waals surface area (Å²) < 4.78 is 16.3. The minimum absolute atomic E-state index is 0. The van der Waals surface area contributed by atoms with Crippen molar-refractivity contribution in [1.82, 2.24) is 5.32 Å². The van der Waals surface area contributed by atoms with E-state index in [4.69, 9.17) is 14.2 Å². The maximum Gasteiger partial charge on any atom is 0.195 e. The summed E-state index contributed by atoms with van der Waals surface area (Å²) in [5, 5.41) is 6.54. The number of nitrogens with zero attached hydrogens (tertiary/aromatic N) is 1. The molecular weight excluding hydrogens is 457 g/mol. The lowest BCUT2D eigenvalue weighted by Crippen LogP contribution is -2.30. The van der Waals surface area contributed by atoms with Gasteiger partial charge >= 0.3 is 0 Å². The van der Waals surface area contributed by atoms with Crippen LogP contribution in [0.1, 0.15) is 19.4 Å². The summed E-state index contributed by atoms with van der Waals surface area (Å²) >= 11 is 0. The van der Waals surface area contributed by atoms with E-state index in [0.29, 0.717) is 24.0 Å². The van der Waals surface area contributed by atoms with Crippen molar-refractivity contribution in [2.24, 2.45) is 4.99 Å². The van der Waals surface area contributed by atoms with E-state index < -0.39 is 0 Å². The second-order valence-corrected chi connectivity index (χ2v) is 5.93. The molecule has 0 atom stereocenters. The third kappa shape index (κ3) is 7.16. The molecule has 0 aliphatic rings. The van der Waals surface area contributed by atoms with E-state index >= 15 is 0 Å². The summed E-state index contributed by atoms with van der Waals surface area (Å²) in [7, 11) is 4.96. The van der Waals surface area contributed by atoms with Crippen LogP contribution in [-0.2, 0) is 6.54 Å². The molecule has 2 N–H and O–H groups in total. The Morgan fingerprint density at radius 1 is 1.04 bits per heavy atom. The maximum atomic E-state index is 5.73. The van der Waals surface area contributed by atoms with Gasteiger partial charge in [-0.2, -0.15) is 0 Å². The summed E-state index contributed by atoms with van der Waals surface area (Å²) in [5.74, 6) is 2.86. The molecule has 0 spiro atoms. The van der Waals surface area contributed by atoms with Crippen LogP contribution in [-0.4, -0.2) is 33.3 Å². The van der Waals surface area contributed by atoms with Gasteiger partial charge in [0.2, 0.25) is 0 Å². The molecule has 0 amide bonds. The Bertz CT molecular complexity index is 751. The normalized spacial score (nSPS) is 10.8. The van der Waals surface area contributed by atoms with Gasteiger partial charge in [0.15, 0.2) is 17.5 Å². The zero-order valence-corrected chi connectivity index (χ0v) is 18.7.